The number of hydrogen-bond acceptors (Lipinski definition) is 5. The molecule has 0 aromatic rings. The van der Waals surface area contributed by atoms with Gasteiger partial charge in [0.25, 0.3) is 0 Å². The molecule has 27 heavy (non-hydrogen) atoms. The van der Waals surface area contributed by atoms with Crippen LogP contribution < -0.4 is 5.32 Å². The van der Waals surface area contributed by atoms with Crippen molar-refractivity contribution >= 4 is 45.9 Å². The predicted molar refractivity (Wildman–Crippen MR) is 117 cm³/mol. The zero-order valence-corrected chi connectivity index (χ0v) is 19.8. The van der Waals surface area contributed by atoms with Crippen molar-refractivity contribution in [3.63, 3.8) is 0 Å². The molecule has 2 atom stereocenters. The number of nitrogens with one attached hydrogen (secondary N) is 1. The van der Waals surface area contributed by atoms with E-state index in [1.165, 1.54) is 13.4 Å². The maximum atomic E-state index is 11.9. The summed E-state index contributed by atoms with van der Waals surface area (Å²) < 4.78 is 29.7. The zero-order valence-electron chi connectivity index (χ0n) is 16.7. The smallest absolute Gasteiger partial charge is 0.310 e. The monoisotopic (exact) mass is 516 g/mol. The molecule has 0 bridgehead atoms. The number of likely N-dealkylation sites (tertiary alicyclic amines) is 1. The second kappa shape index (κ2) is 10.8. The van der Waals surface area contributed by atoms with E-state index in [4.69, 9.17) is 9.73 Å². The minimum Gasteiger partial charge on any atom is -0.469 e. The molecule has 0 saturated carbocycles. The van der Waals surface area contributed by atoms with E-state index in [-0.39, 0.29) is 41.8 Å². The highest BCUT2D eigenvalue weighted by Gasteiger charge is 2.37. The predicted octanol–water partition coefficient (Wildman–Crippen LogP) is 0.982. The van der Waals surface area contributed by atoms with E-state index >= 15 is 0 Å². The van der Waals surface area contributed by atoms with Crippen LogP contribution in [-0.4, -0.2) is 82.2 Å². The molecule has 2 saturated heterocycles. The lowest BCUT2D eigenvalue weighted by atomic mass is 9.98. The maximum Gasteiger partial charge on any atom is 0.310 e. The van der Waals surface area contributed by atoms with Gasteiger partial charge in [-0.3, -0.25) is 9.79 Å². The molecule has 0 aromatic heterocycles. The molecule has 2 fully saturated rings. The number of hydrogen-bond donors (Lipinski definition) is 1. The summed E-state index contributed by atoms with van der Waals surface area (Å²) in [5.41, 5.74) is 0. The van der Waals surface area contributed by atoms with Crippen LogP contribution in [0, 0.1) is 17.8 Å². The summed E-state index contributed by atoms with van der Waals surface area (Å²) in [5, 5.41) is 3.31. The summed E-state index contributed by atoms with van der Waals surface area (Å²) in [7, 11) is -1.66. The Balaban J connectivity index is 0.00000364. The second-order valence-electron chi connectivity index (χ2n) is 7.31. The standard InChI is InChI=1S/C17H32N4O4S.HI/c1-5-18-17(20-11-13(2)15(12-20)16(22)25-3)19-10-14-6-8-21(9-7-14)26(4,23)24;/h13-15H,5-12H2,1-4H3,(H,18,19);1H. The molecule has 0 amide bonds. The Kier molecular flexibility index (Phi) is 9.76. The number of esters is 1. The SMILES string of the molecule is CCNC(=NCC1CCN(S(C)(=O)=O)CC1)N1CC(C)C(C(=O)OC)C1.I. The molecular weight excluding hydrogens is 483 g/mol. The first-order chi connectivity index (χ1) is 12.3. The molecule has 2 aliphatic heterocycles. The first-order valence-electron chi connectivity index (χ1n) is 9.32. The van der Waals surface area contributed by atoms with E-state index in [1.807, 2.05) is 6.92 Å². The summed E-state index contributed by atoms with van der Waals surface area (Å²) in [5.74, 6) is 1.16. The molecule has 0 aliphatic carbocycles. The third kappa shape index (κ3) is 6.74. The number of aliphatic imine (C=N–C) groups is 1. The number of nitrogens with zero attached hydrogens (tertiary/aromatic N) is 3. The van der Waals surface area contributed by atoms with E-state index in [1.54, 1.807) is 4.31 Å². The molecule has 2 unspecified atom stereocenters. The van der Waals surface area contributed by atoms with Crippen LogP contribution in [-0.2, 0) is 19.6 Å². The molecule has 2 aliphatic rings. The second-order valence-corrected chi connectivity index (χ2v) is 9.29. The Hall–Kier alpha value is -0.620. The number of ether oxygens (including phenoxy) is 1. The first kappa shape index (κ1) is 24.4. The minimum atomic E-state index is -3.09. The third-order valence-electron chi connectivity index (χ3n) is 5.29. The number of carbonyl (C=O) groups excluding carboxylic acids is 1. The topological polar surface area (TPSA) is 91.3 Å². The van der Waals surface area contributed by atoms with Gasteiger partial charge in [-0.05, 0) is 31.6 Å². The van der Waals surface area contributed by atoms with Crippen LogP contribution >= 0.6 is 24.0 Å². The summed E-state index contributed by atoms with van der Waals surface area (Å²) in [4.78, 5) is 18.8. The highest BCUT2D eigenvalue weighted by atomic mass is 127. The fourth-order valence-corrected chi connectivity index (χ4v) is 4.54. The van der Waals surface area contributed by atoms with Crippen LogP contribution in [0.4, 0.5) is 0 Å². The summed E-state index contributed by atoms with van der Waals surface area (Å²) >= 11 is 0. The van der Waals surface area contributed by atoms with Crippen molar-refractivity contribution in [2.75, 3.05) is 52.6 Å². The summed E-state index contributed by atoms with van der Waals surface area (Å²) in [6.07, 6.45) is 2.93. The highest BCUT2D eigenvalue weighted by molar-refractivity contribution is 14.0. The van der Waals surface area contributed by atoms with E-state index in [2.05, 4.69) is 17.1 Å². The minimum absolute atomic E-state index is 0. The van der Waals surface area contributed by atoms with Crippen molar-refractivity contribution in [2.45, 2.75) is 26.7 Å². The zero-order chi connectivity index (χ0) is 19.3. The summed E-state index contributed by atoms with van der Waals surface area (Å²) in [6.45, 7) is 8.06. The Bertz CT molecular complexity index is 620. The number of guanidine groups is 1. The van der Waals surface area contributed by atoms with Crippen LogP contribution in [0.3, 0.4) is 0 Å². The van der Waals surface area contributed by atoms with Gasteiger partial charge in [0, 0.05) is 39.3 Å². The lowest BCUT2D eigenvalue weighted by molar-refractivity contribution is -0.145. The van der Waals surface area contributed by atoms with Crippen molar-refractivity contribution in [1.29, 1.82) is 0 Å². The van der Waals surface area contributed by atoms with Crippen LogP contribution in [0.2, 0.25) is 0 Å². The quantitative estimate of drug-likeness (QED) is 0.254. The Labute approximate surface area is 180 Å². The average molecular weight is 516 g/mol. The van der Waals surface area contributed by atoms with Crippen molar-refractivity contribution in [3.05, 3.63) is 0 Å². The number of carbonyl (C=O) groups is 1. The third-order valence-corrected chi connectivity index (χ3v) is 6.60. The van der Waals surface area contributed by atoms with Crippen LogP contribution in [0.15, 0.2) is 4.99 Å². The van der Waals surface area contributed by atoms with E-state index in [0.717, 1.165) is 31.9 Å². The van der Waals surface area contributed by atoms with Crippen molar-refractivity contribution in [2.24, 2.45) is 22.7 Å². The van der Waals surface area contributed by atoms with E-state index < -0.39 is 10.0 Å². The van der Waals surface area contributed by atoms with Crippen molar-refractivity contribution < 1.29 is 17.9 Å². The molecule has 1 N–H and O–H groups in total. The molecule has 0 aromatic carbocycles. The molecule has 0 spiro atoms. The van der Waals surface area contributed by atoms with E-state index in [0.29, 0.717) is 32.1 Å². The van der Waals surface area contributed by atoms with E-state index in [9.17, 15) is 13.2 Å². The lowest BCUT2D eigenvalue weighted by Crippen LogP contribution is -2.42. The number of piperidine rings is 1. The fraction of sp³-hybridized carbons (Fsp3) is 0.882. The van der Waals surface area contributed by atoms with Gasteiger partial charge >= 0.3 is 5.97 Å². The molecule has 2 rings (SSSR count). The molecule has 2 heterocycles. The Morgan fingerprint density at radius 2 is 1.89 bits per heavy atom. The Morgan fingerprint density at radius 3 is 2.41 bits per heavy atom. The molecule has 10 heteroatoms. The van der Waals surface area contributed by atoms with Gasteiger partial charge in [0.15, 0.2) is 5.96 Å². The van der Waals surface area contributed by atoms with Gasteiger partial charge < -0.3 is 15.0 Å². The number of rotatable bonds is 5. The average Bonchev–Trinajstić information content (AvgIpc) is 2.99. The van der Waals surface area contributed by atoms with Gasteiger partial charge in [-0.1, -0.05) is 6.92 Å². The lowest BCUT2D eigenvalue weighted by Gasteiger charge is -2.30. The number of sulfonamides is 1. The molecular formula is C17H33IN4O4S. The van der Waals surface area contributed by atoms with Gasteiger partial charge in [-0.2, -0.15) is 0 Å². The largest absolute Gasteiger partial charge is 0.469 e. The highest BCUT2D eigenvalue weighted by Crippen LogP contribution is 2.25. The van der Waals surface area contributed by atoms with Crippen LogP contribution in [0.1, 0.15) is 26.7 Å². The number of methoxy groups -OCH3 is 1. The number of halogens is 1. The fourth-order valence-electron chi connectivity index (χ4n) is 3.66. The first-order valence-corrected chi connectivity index (χ1v) is 11.2. The van der Waals surface area contributed by atoms with Gasteiger partial charge in [0.1, 0.15) is 0 Å². The molecule has 0 radical (unpaired) electrons. The van der Waals surface area contributed by atoms with Crippen molar-refractivity contribution in [3.8, 4) is 0 Å². The maximum absolute atomic E-state index is 11.9. The molecule has 158 valence electrons. The van der Waals surface area contributed by atoms with Gasteiger partial charge in [-0.15, -0.1) is 24.0 Å². The normalized spacial score (nSPS) is 25.2. The van der Waals surface area contributed by atoms with Gasteiger partial charge in [0.05, 0.1) is 19.3 Å². The van der Waals surface area contributed by atoms with Crippen LogP contribution in [0.5, 0.6) is 0 Å². The van der Waals surface area contributed by atoms with Crippen LogP contribution in [0.25, 0.3) is 0 Å². The molecule has 8 nitrogen and oxygen atoms in total. The van der Waals surface area contributed by atoms with Gasteiger partial charge in [0.2, 0.25) is 10.0 Å². The Morgan fingerprint density at radius 1 is 1.26 bits per heavy atom. The summed E-state index contributed by atoms with van der Waals surface area (Å²) in [6, 6.07) is 0. The van der Waals surface area contributed by atoms with Gasteiger partial charge in [-0.25, -0.2) is 12.7 Å². The van der Waals surface area contributed by atoms with Crippen molar-refractivity contribution in [1.82, 2.24) is 14.5 Å².